The molecule has 3 rings (SSSR count). The van der Waals surface area contributed by atoms with Crippen LogP contribution in [0.5, 0.6) is 5.75 Å². The molecule has 0 unspecified atom stereocenters. The molecule has 2 aromatic carbocycles. The van der Waals surface area contributed by atoms with Crippen LogP contribution >= 0.6 is 11.6 Å². The minimum absolute atomic E-state index is 0.149. The number of benzene rings is 2. The van der Waals surface area contributed by atoms with Gasteiger partial charge in [0.15, 0.2) is 0 Å². The van der Waals surface area contributed by atoms with Crippen molar-refractivity contribution < 1.29 is 9.53 Å². The van der Waals surface area contributed by atoms with E-state index in [1.807, 2.05) is 36.4 Å². The van der Waals surface area contributed by atoms with E-state index in [4.69, 9.17) is 16.3 Å². The SMILES string of the molecule is COc1cccc(CNC(=O)CCn2nc(-c3cccc(Cl)c3)ccc2=O)c1. The average Bonchev–Trinajstić information content (AvgIpc) is 2.71. The fourth-order valence-corrected chi connectivity index (χ4v) is 2.88. The maximum Gasteiger partial charge on any atom is 0.266 e. The standard InChI is InChI=1S/C21H20ClN3O3/c1-28-18-7-2-4-15(12-18)14-23-20(26)10-11-25-21(27)9-8-19(24-25)16-5-3-6-17(22)13-16/h2-9,12-13H,10-11,14H2,1H3,(H,23,26). The van der Waals surface area contributed by atoms with Gasteiger partial charge < -0.3 is 10.1 Å². The van der Waals surface area contributed by atoms with Gasteiger partial charge in [0.05, 0.1) is 19.3 Å². The highest BCUT2D eigenvalue weighted by Crippen LogP contribution is 2.19. The molecule has 0 aliphatic heterocycles. The van der Waals surface area contributed by atoms with Crippen LogP contribution in [0, 0.1) is 0 Å². The second-order valence-corrected chi connectivity index (χ2v) is 6.60. The number of halogens is 1. The van der Waals surface area contributed by atoms with Gasteiger partial charge in [0.2, 0.25) is 5.91 Å². The molecule has 0 saturated heterocycles. The Labute approximate surface area is 167 Å². The number of aromatic nitrogens is 2. The molecule has 0 atom stereocenters. The van der Waals surface area contributed by atoms with E-state index in [-0.39, 0.29) is 24.4 Å². The number of rotatable bonds is 7. The van der Waals surface area contributed by atoms with Crippen LogP contribution in [-0.4, -0.2) is 22.8 Å². The molecule has 0 aliphatic rings. The number of nitrogens with zero attached hydrogens (tertiary/aromatic N) is 2. The van der Waals surface area contributed by atoms with E-state index in [0.29, 0.717) is 17.3 Å². The van der Waals surface area contributed by atoms with Gasteiger partial charge in [0, 0.05) is 29.6 Å². The highest BCUT2D eigenvalue weighted by molar-refractivity contribution is 6.30. The molecule has 7 heteroatoms. The number of methoxy groups -OCH3 is 1. The summed E-state index contributed by atoms with van der Waals surface area (Å²) >= 11 is 6.02. The lowest BCUT2D eigenvalue weighted by Crippen LogP contribution is -2.28. The molecular weight excluding hydrogens is 378 g/mol. The lowest BCUT2D eigenvalue weighted by Gasteiger charge is -2.09. The zero-order valence-electron chi connectivity index (χ0n) is 15.4. The highest BCUT2D eigenvalue weighted by atomic mass is 35.5. The minimum atomic E-state index is -0.258. The summed E-state index contributed by atoms with van der Waals surface area (Å²) in [5, 5.41) is 7.78. The Morgan fingerprint density at radius 1 is 1.14 bits per heavy atom. The van der Waals surface area contributed by atoms with E-state index in [9.17, 15) is 9.59 Å². The first kappa shape index (κ1) is 19.6. The van der Waals surface area contributed by atoms with Crippen LogP contribution < -0.4 is 15.6 Å². The van der Waals surface area contributed by atoms with Gasteiger partial charge in [-0.05, 0) is 35.9 Å². The van der Waals surface area contributed by atoms with Crippen molar-refractivity contribution in [3.05, 3.63) is 81.6 Å². The molecule has 28 heavy (non-hydrogen) atoms. The first-order chi connectivity index (χ1) is 13.5. The number of carbonyl (C=O) groups excluding carboxylic acids is 1. The van der Waals surface area contributed by atoms with Crippen LogP contribution in [-0.2, 0) is 17.9 Å². The van der Waals surface area contributed by atoms with Gasteiger partial charge in [0.25, 0.3) is 5.56 Å². The van der Waals surface area contributed by atoms with Crippen molar-refractivity contribution in [2.75, 3.05) is 7.11 Å². The number of hydrogen-bond acceptors (Lipinski definition) is 4. The third-order valence-electron chi connectivity index (χ3n) is 4.16. The zero-order chi connectivity index (χ0) is 19.9. The van der Waals surface area contributed by atoms with Gasteiger partial charge in [-0.3, -0.25) is 9.59 Å². The molecule has 0 radical (unpaired) electrons. The quantitative estimate of drug-likeness (QED) is 0.664. The van der Waals surface area contributed by atoms with Crippen molar-refractivity contribution in [2.24, 2.45) is 0 Å². The third-order valence-corrected chi connectivity index (χ3v) is 4.40. The molecule has 0 saturated carbocycles. The number of hydrogen-bond donors (Lipinski definition) is 1. The Hall–Kier alpha value is -3.12. The molecular formula is C21H20ClN3O3. The van der Waals surface area contributed by atoms with E-state index in [2.05, 4.69) is 10.4 Å². The first-order valence-corrected chi connectivity index (χ1v) is 9.17. The van der Waals surface area contributed by atoms with E-state index < -0.39 is 0 Å². The van der Waals surface area contributed by atoms with Crippen LogP contribution in [0.4, 0.5) is 0 Å². The minimum Gasteiger partial charge on any atom is -0.497 e. The fourth-order valence-electron chi connectivity index (χ4n) is 2.69. The maximum atomic E-state index is 12.2. The van der Waals surface area contributed by atoms with E-state index in [1.165, 1.54) is 10.7 Å². The summed E-state index contributed by atoms with van der Waals surface area (Å²) in [5.74, 6) is 0.574. The molecule has 6 nitrogen and oxygen atoms in total. The van der Waals surface area contributed by atoms with Crippen molar-refractivity contribution in [2.45, 2.75) is 19.5 Å². The number of aryl methyl sites for hydroxylation is 1. The highest BCUT2D eigenvalue weighted by Gasteiger charge is 2.07. The first-order valence-electron chi connectivity index (χ1n) is 8.79. The Balaban J connectivity index is 1.61. The molecule has 1 heterocycles. The summed E-state index contributed by atoms with van der Waals surface area (Å²) in [6.45, 7) is 0.581. The Bertz CT molecular complexity index is 1030. The van der Waals surface area contributed by atoms with E-state index in [1.54, 1.807) is 25.3 Å². The Morgan fingerprint density at radius 2 is 1.96 bits per heavy atom. The van der Waals surface area contributed by atoms with Crippen LogP contribution in [0.25, 0.3) is 11.3 Å². The molecule has 1 aromatic heterocycles. The van der Waals surface area contributed by atoms with Gasteiger partial charge in [-0.1, -0.05) is 35.9 Å². The van der Waals surface area contributed by atoms with Crippen LogP contribution in [0.2, 0.25) is 5.02 Å². The van der Waals surface area contributed by atoms with Crippen LogP contribution in [0.1, 0.15) is 12.0 Å². The molecule has 1 N–H and O–H groups in total. The fraction of sp³-hybridized carbons (Fsp3) is 0.190. The van der Waals surface area contributed by atoms with Crippen molar-refractivity contribution in [1.29, 1.82) is 0 Å². The number of nitrogens with one attached hydrogen (secondary N) is 1. The molecule has 144 valence electrons. The molecule has 1 amide bonds. The normalized spacial score (nSPS) is 10.5. The molecule has 0 aliphatic carbocycles. The average molecular weight is 398 g/mol. The topological polar surface area (TPSA) is 73.2 Å². The van der Waals surface area contributed by atoms with Gasteiger partial charge in [-0.15, -0.1) is 0 Å². The summed E-state index contributed by atoms with van der Waals surface area (Å²) in [6.07, 6.45) is 0.149. The predicted molar refractivity (Wildman–Crippen MR) is 108 cm³/mol. The van der Waals surface area contributed by atoms with E-state index >= 15 is 0 Å². The van der Waals surface area contributed by atoms with Crippen LogP contribution in [0.15, 0.2) is 65.5 Å². The predicted octanol–water partition coefficient (Wildman–Crippen LogP) is 3.28. The molecule has 0 spiro atoms. The maximum absolute atomic E-state index is 12.2. The lowest BCUT2D eigenvalue weighted by molar-refractivity contribution is -0.121. The molecule has 0 fully saturated rings. The van der Waals surface area contributed by atoms with Crippen molar-refractivity contribution in [1.82, 2.24) is 15.1 Å². The van der Waals surface area contributed by atoms with E-state index in [0.717, 1.165) is 16.9 Å². The lowest BCUT2D eigenvalue weighted by atomic mass is 10.1. The van der Waals surface area contributed by atoms with Crippen LogP contribution in [0.3, 0.4) is 0 Å². The van der Waals surface area contributed by atoms with Gasteiger partial charge in [-0.2, -0.15) is 5.10 Å². The summed E-state index contributed by atoms with van der Waals surface area (Å²) in [6, 6.07) is 17.8. The second kappa shape index (κ2) is 9.19. The second-order valence-electron chi connectivity index (χ2n) is 6.17. The zero-order valence-corrected chi connectivity index (χ0v) is 16.1. The molecule has 0 bridgehead atoms. The van der Waals surface area contributed by atoms with Gasteiger partial charge in [-0.25, -0.2) is 4.68 Å². The third kappa shape index (κ3) is 5.20. The largest absolute Gasteiger partial charge is 0.497 e. The van der Waals surface area contributed by atoms with Crippen molar-refractivity contribution in [3.8, 4) is 17.0 Å². The summed E-state index contributed by atoms with van der Waals surface area (Å²) in [5.41, 5.74) is 2.11. The summed E-state index contributed by atoms with van der Waals surface area (Å²) < 4.78 is 6.46. The number of ether oxygens (including phenoxy) is 1. The monoisotopic (exact) mass is 397 g/mol. The number of carbonyl (C=O) groups is 1. The summed E-state index contributed by atoms with van der Waals surface area (Å²) in [4.78, 5) is 24.2. The van der Waals surface area contributed by atoms with Crippen molar-refractivity contribution in [3.63, 3.8) is 0 Å². The van der Waals surface area contributed by atoms with Gasteiger partial charge in [0.1, 0.15) is 5.75 Å². The smallest absolute Gasteiger partial charge is 0.266 e. The summed E-state index contributed by atoms with van der Waals surface area (Å²) in [7, 11) is 1.60. The molecule has 3 aromatic rings. The Morgan fingerprint density at radius 3 is 2.75 bits per heavy atom. The van der Waals surface area contributed by atoms with Crippen molar-refractivity contribution >= 4 is 17.5 Å². The Kier molecular flexibility index (Phi) is 6.45. The number of amides is 1. The van der Waals surface area contributed by atoms with Gasteiger partial charge >= 0.3 is 0 Å².